The van der Waals surface area contributed by atoms with Gasteiger partial charge in [0.25, 0.3) is 0 Å². The van der Waals surface area contributed by atoms with E-state index in [9.17, 15) is 4.79 Å². The summed E-state index contributed by atoms with van der Waals surface area (Å²) in [6.07, 6.45) is 0.220. The topological polar surface area (TPSA) is 44.1 Å². The van der Waals surface area contributed by atoms with Crippen LogP contribution in [0.2, 0.25) is 0 Å². The Kier molecular flexibility index (Phi) is 3.45. The van der Waals surface area contributed by atoms with Gasteiger partial charge in [0.2, 0.25) is 5.91 Å². The SMILES string of the molecule is [CH2]CC(=O)N(C)CC#N. The molecule has 1 amide bonds. The molecule has 3 nitrogen and oxygen atoms in total. The highest BCUT2D eigenvalue weighted by atomic mass is 16.2. The fourth-order valence-electron chi connectivity index (χ4n) is 0.385. The molecule has 0 aliphatic heterocycles. The maximum absolute atomic E-state index is 10.6. The van der Waals surface area contributed by atoms with Gasteiger partial charge in [0.15, 0.2) is 0 Å². The molecule has 0 unspecified atom stereocenters. The van der Waals surface area contributed by atoms with Crippen LogP contribution in [0.15, 0.2) is 0 Å². The maximum atomic E-state index is 10.6. The smallest absolute Gasteiger partial charge is 0.223 e. The maximum Gasteiger partial charge on any atom is 0.223 e. The molecule has 0 rings (SSSR count). The van der Waals surface area contributed by atoms with Gasteiger partial charge in [-0.1, -0.05) is 0 Å². The molecule has 0 bridgehead atoms. The molecule has 9 heavy (non-hydrogen) atoms. The molecule has 0 spiro atoms. The fraction of sp³-hybridized carbons (Fsp3) is 0.500. The van der Waals surface area contributed by atoms with E-state index in [0.717, 1.165) is 0 Å². The molecule has 0 fully saturated rings. The van der Waals surface area contributed by atoms with Crippen molar-refractivity contribution in [2.24, 2.45) is 0 Å². The van der Waals surface area contributed by atoms with E-state index in [0.29, 0.717) is 0 Å². The number of nitriles is 1. The molecular formula is C6H9N2O. The number of rotatable bonds is 2. The van der Waals surface area contributed by atoms with Crippen LogP contribution in [0.25, 0.3) is 0 Å². The zero-order chi connectivity index (χ0) is 7.28. The van der Waals surface area contributed by atoms with Gasteiger partial charge in [0, 0.05) is 13.5 Å². The third-order valence-corrected chi connectivity index (χ3v) is 0.948. The van der Waals surface area contributed by atoms with Gasteiger partial charge in [-0.25, -0.2) is 0 Å². The lowest BCUT2D eigenvalue weighted by Gasteiger charge is -2.09. The van der Waals surface area contributed by atoms with Gasteiger partial charge in [-0.15, -0.1) is 0 Å². The Morgan fingerprint density at radius 1 is 1.89 bits per heavy atom. The van der Waals surface area contributed by atoms with Gasteiger partial charge >= 0.3 is 0 Å². The zero-order valence-electron chi connectivity index (χ0n) is 5.42. The van der Waals surface area contributed by atoms with Crippen LogP contribution in [0.4, 0.5) is 0 Å². The summed E-state index contributed by atoms with van der Waals surface area (Å²) in [7, 11) is 1.58. The van der Waals surface area contributed by atoms with Crippen molar-refractivity contribution in [3.8, 4) is 6.07 Å². The Labute approximate surface area is 54.9 Å². The van der Waals surface area contributed by atoms with Crippen molar-refractivity contribution < 1.29 is 4.79 Å². The number of amides is 1. The van der Waals surface area contributed by atoms with Gasteiger partial charge in [-0.05, 0) is 6.92 Å². The van der Waals surface area contributed by atoms with Crippen molar-refractivity contribution in [2.75, 3.05) is 13.6 Å². The second-order valence-electron chi connectivity index (χ2n) is 1.66. The van der Waals surface area contributed by atoms with E-state index in [-0.39, 0.29) is 18.9 Å². The van der Waals surface area contributed by atoms with Crippen LogP contribution >= 0.6 is 0 Å². The molecule has 0 aromatic carbocycles. The average molecular weight is 125 g/mol. The summed E-state index contributed by atoms with van der Waals surface area (Å²) in [5.74, 6) is -0.100. The van der Waals surface area contributed by atoms with Crippen LogP contribution in [-0.4, -0.2) is 24.4 Å². The van der Waals surface area contributed by atoms with Crippen LogP contribution in [0.5, 0.6) is 0 Å². The predicted octanol–water partition coefficient (Wildman–Crippen LogP) is 0.193. The molecule has 0 aliphatic rings. The molecule has 0 aliphatic carbocycles. The molecule has 0 atom stereocenters. The van der Waals surface area contributed by atoms with Crippen LogP contribution in [0, 0.1) is 18.3 Å². The Balaban J connectivity index is 3.62. The van der Waals surface area contributed by atoms with E-state index < -0.39 is 0 Å². The van der Waals surface area contributed by atoms with Crippen molar-refractivity contribution in [2.45, 2.75) is 6.42 Å². The van der Waals surface area contributed by atoms with E-state index >= 15 is 0 Å². The number of hydrogen-bond acceptors (Lipinski definition) is 2. The summed E-state index contributed by atoms with van der Waals surface area (Å²) >= 11 is 0. The minimum absolute atomic E-state index is 0.100. The zero-order valence-corrected chi connectivity index (χ0v) is 5.42. The number of carbonyl (C=O) groups is 1. The highest BCUT2D eigenvalue weighted by Crippen LogP contribution is 1.86. The average Bonchev–Trinajstić information content (AvgIpc) is 1.87. The Morgan fingerprint density at radius 2 is 2.44 bits per heavy atom. The first-order valence-corrected chi connectivity index (χ1v) is 2.62. The first kappa shape index (κ1) is 7.96. The minimum atomic E-state index is -0.100. The van der Waals surface area contributed by atoms with Crippen LogP contribution < -0.4 is 0 Å². The molecule has 0 N–H and O–H groups in total. The van der Waals surface area contributed by atoms with Crippen LogP contribution in [-0.2, 0) is 4.79 Å². The van der Waals surface area contributed by atoms with Gasteiger partial charge in [0.05, 0.1) is 6.07 Å². The number of nitrogens with zero attached hydrogens (tertiary/aromatic N) is 2. The fourth-order valence-corrected chi connectivity index (χ4v) is 0.385. The highest BCUT2D eigenvalue weighted by Gasteiger charge is 2.02. The Morgan fingerprint density at radius 3 is 2.78 bits per heavy atom. The summed E-state index contributed by atoms with van der Waals surface area (Å²) in [6, 6.07) is 1.86. The third-order valence-electron chi connectivity index (χ3n) is 0.948. The van der Waals surface area contributed by atoms with Crippen molar-refractivity contribution in [1.82, 2.24) is 4.90 Å². The Bertz CT molecular complexity index is 136. The minimum Gasteiger partial charge on any atom is -0.332 e. The predicted molar refractivity (Wildman–Crippen MR) is 33.2 cm³/mol. The first-order chi connectivity index (χ1) is 4.22. The highest BCUT2D eigenvalue weighted by molar-refractivity contribution is 5.76. The quantitative estimate of drug-likeness (QED) is 0.494. The standard InChI is InChI=1S/C6H9N2O/c1-3-6(9)8(2)5-4-7/h1,3,5H2,2H3. The number of hydrogen-bond donors (Lipinski definition) is 0. The molecule has 0 heterocycles. The molecule has 1 radical (unpaired) electrons. The third kappa shape index (κ3) is 2.70. The van der Waals surface area contributed by atoms with Crippen LogP contribution in [0.3, 0.4) is 0 Å². The Hall–Kier alpha value is -1.04. The molecule has 0 saturated carbocycles. The van der Waals surface area contributed by atoms with Gasteiger partial charge in [-0.2, -0.15) is 5.26 Å². The van der Waals surface area contributed by atoms with Gasteiger partial charge in [0.1, 0.15) is 6.54 Å². The molecule has 0 aromatic rings. The largest absolute Gasteiger partial charge is 0.332 e. The van der Waals surface area contributed by atoms with Gasteiger partial charge in [-0.3, -0.25) is 4.79 Å². The molecule has 49 valence electrons. The summed E-state index contributed by atoms with van der Waals surface area (Å²) in [6.45, 7) is 3.54. The van der Waals surface area contributed by atoms with E-state index in [1.165, 1.54) is 4.90 Å². The van der Waals surface area contributed by atoms with Crippen molar-refractivity contribution in [1.29, 1.82) is 5.26 Å². The molecule has 3 heteroatoms. The molecule has 0 aromatic heterocycles. The number of carbonyl (C=O) groups excluding carboxylic acids is 1. The lowest BCUT2D eigenvalue weighted by Crippen LogP contribution is -2.25. The van der Waals surface area contributed by atoms with E-state index in [1.54, 1.807) is 7.05 Å². The van der Waals surface area contributed by atoms with Crippen LogP contribution in [0.1, 0.15) is 6.42 Å². The van der Waals surface area contributed by atoms with Crippen molar-refractivity contribution in [3.63, 3.8) is 0 Å². The lowest BCUT2D eigenvalue weighted by molar-refractivity contribution is -0.128. The molecular weight excluding hydrogens is 116 g/mol. The van der Waals surface area contributed by atoms with E-state index in [2.05, 4.69) is 6.92 Å². The van der Waals surface area contributed by atoms with E-state index in [4.69, 9.17) is 5.26 Å². The normalized spacial score (nSPS) is 8.11. The summed E-state index contributed by atoms with van der Waals surface area (Å²) in [5, 5.41) is 8.12. The van der Waals surface area contributed by atoms with Gasteiger partial charge < -0.3 is 4.90 Å². The van der Waals surface area contributed by atoms with Crippen molar-refractivity contribution in [3.05, 3.63) is 6.92 Å². The van der Waals surface area contributed by atoms with E-state index in [1.807, 2.05) is 6.07 Å². The second kappa shape index (κ2) is 3.90. The lowest BCUT2D eigenvalue weighted by atomic mass is 10.4. The summed E-state index contributed by atoms with van der Waals surface area (Å²) < 4.78 is 0. The summed E-state index contributed by atoms with van der Waals surface area (Å²) in [4.78, 5) is 12.0. The monoisotopic (exact) mass is 125 g/mol. The second-order valence-corrected chi connectivity index (χ2v) is 1.66. The first-order valence-electron chi connectivity index (χ1n) is 2.62. The molecule has 0 saturated heterocycles. The summed E-state index contributed by atoms with van der Waals surface area (Å²) in [5.41, 5.74) is 0. The van der Waals surface area contributed by atoms with Crippen molar-refractivity contribution >= 4 is 5.91 Å².